The van der Waals surface area contributed by atoms with Crippen LogP contribution in [0.3, 0.4) is 0 Å². The van der Waals surface area contributed by atoms with Crippen molar-refractivity contribution < 1.29 is 9.59 Å². The fourth-order valence-electron chi connectivity index (χ4n) is 2.59. The van der Waals surface area contributed by atoms with Crippen LogP contribution in [0.25, 0.3) is 0 Å². The van der Waals surface area contributed by atoms with Crippen LogP contribution < -0.4 is 5.32 Å². The number of rotatable bonds is 6. The van der Waals surface area contributed by atoms with Crippen LogP contribution in [0.1, 0.15) is 47.0 Å². The zero-order valence-electron chi connectivity index (χ0n) is 12.9. The van der Waals surface area contributed by atoms with Crippen LogP contribution in [0, 0.1) is 11.8 Å². The highest BCUT2D eigenvalue weighted by molar-refractivity contribution is 5.91. The van der Waals surface area contributed by atoms with Crippen LogP contribution in [0.15, 0.2) is 0 Å². The highest BCUT2D eigenvalue weighted by Gasteiger charge is 2.33. The molecule has 110 valence electrons. The monoisotopic (exact) mass is 268 g/mol. The van der Waals surface area contributed by atoms with Gasteiger partial charge < -0.3 is 10.2 Å². The van der Waals surface area contributed by atoms with Gasteiger partial charge in [-0.25, -0.2) is 0 Å². The van der Waals surface area contributed by atoms with Crippen molar-refractivity contribution in [1.29, 1.82) is 0 Å². The second kappa shape index (κ2) is 7.04. The lowest BCUT2D eigenvalue weighted by atomic mass is 9.92. The minimum Gasteiger partial charge on any atom is -0.334 e. The zero-order chi connectivity index (χ0) is 14.6. The van der Waals surface area contributed by atoms with Gasteiger partial charge in [-0.1, -0.05) is 27.7 Å². The molecule has 0 spiro atoms. The molecule has 1 aliphatic rings. The summed E-state index contributed by atoms with van der Waals surface area (Å²) in [5.74, 6) is 0.606. The molecule has 0 unspecified atom stereocenters. The van der Waals surface area contributed by atoms with E-state index in [1.165, 1.54) is 0 Å². The SMILES string of the molecule is CC(C)C[C@@H](C(=O)C(C)C)N(C)C(=O)[C@@H]1CCCN1. The van der Waals surface area contributed by atoms with Gasteiger partial charge >= 0.3 is 0 Å². The summed E-state index contributed by atoms with van der Waals surface area (Å²) in [4.78, 5) is 26.4. The van der Waals surface area contributed by atoms with Crippen molar-refractivity contribution in [3.63, 3.8) is 0 Å². The number of hydrogen-bond acceptors (Lipinski definition) is 3. The highest BCUT2D eigenvalue weighted by Crippen LogP contribution is 2.18. The number of ketones is 1. The van der Waals surface area contributed by atoms with Gasteiger partial charge in [-0.2, -0.15) is 0 Å². The summed E-state index contributed by atoms with van der Waals surface area (Å²) in [6.45, 7) is 8.89. The molecule has 0 saturated carbocycles. The van der Waals surface area contributed by atoms with Gasteiger partial charge in [0.25, 0.3) is 0 Å². The van der Waals surface area contributed by atoms with E-state index in [0.29, 0.717) is 5.92 Å². The summed E-state index contributed by atoms with van der Waals surface area (Å²) in [6.07, 6.45) is 2.66. The fraction of sp³-hybridized carbons (Fsp3) is 0.867. The van der Waals surface area contributed by atoms with E-state index in [4.69, 9.17) is 0 Å². The number of carbonyl (C=O) groups is 2. The molecule has 1 aliphatic heterocycles. The fourth-order valence-corrected chi connectivity index (χ4v) is 2.59. The number of hydrogen-bond donors (Lipinski definition) is 1. The highest BCUT2D eigenvalue weighted by atomic mass is 16.2. The first-order valence-corrected chi connectivity index (χ1v) is 7.38. The Labute approximate surface area is 116 Å². The maximum absolute atomic E-state index is 12.4. The third kappa shape index (κ3) is 4.30. The second-order valence-corrected chi connectivity index (χ2v) is 6.30. The number of nitrogens with zero attached hydrogens (tertiary/aromatic N) is 1. The molecule has 1 saturated heterocycles. The second-order valence-electron chi connectivity index (χ2n) is 6.30. The molecule has 1 rings (SSSR count). The minimum atomic E-state index is -0.282. The van der Waals surface area contributed by atoms with Crippen molar-refractivity contribution in [2.45, 2.75) is 59.0 Å². The lowest BCUT2D eigenvalue weighted by Crippen LogP contribution is -2.50. The van der Waals surface area contributed by atoms with Crippen LogP contribution in [-0.4, -0.2) is 42.3 Å². The molecule has 0 bridgehead atoms. The Hall–Kier alpha value is -0.900. The van der Waals surface area contributed by atoms with Gasteiger partial charge in [-0.05, 0) is 31.7 Å². The van der Waals surface area contributed by atoms with E-state index in [9.17, 15) is 9.59 Å². The smallest absolute Gasteiger partial charge is 0.240 e. The van der Waals surface area contributed by atoms with E-state index < -0.39 is 0 Å². The summed E-state index contributed by atoms with van der Waals surface area (Å²) in [7, 11) is 1.77. The Balaban J connectivity index is 2.77. The zero-order valence-corrected chi connectivity index (χ0v) is 12.9. The van der Waals surface area contributed by atoms with Gasteiger partial charge in [0, 0.05) is 13.0 Å². The van der Waals surface area contributed by atoms with Crippen LogP contribution in [-0.2, 0) is 9.59 Å². The lowest BCUT2D eigenvalue weighted by Gasteiger charge is -2.31. The van der Waals surface area contributed by atoms with Crippen molar-refractivity contribution in [2.24, 2.45) is 11.8 Å². The molecule has 0 radical (unpaired) electrons. The van der Waals surface area contributed by atoms with Crippen LogP contribution in [0.5, 0.6) is 0 Å². The van der Waals surface area contributed by atoms with Gasteiger partial charge in [0.2, 0.25) is 5.91 Å². The molecule has 0 aliphatic carbocycles. The Morgan fingerprint density at radius 1 is 1.26 bits per heavy atom. The van der Waals surface area contributed by atoms with Gasteiger partial charge in [0.1, 0.15) is 0 Å². The lowest BCUT2D eigenvalue weighted by molar-refractivity contribution is -0.141. The van der Waals surface area contributed by atoms with Gasteiger partial charge in [0.15, 0.2) is 5.78 Å². The summed E-state index contributed by atoms with van der Waals surface area (Å²) in [5, 5.41) is 3.21. The summed E-state index contributed by atoms with van der Waals surface area (Å²) >= 11 is 0. The van der Waals surface area contributed by atoms with E-state index in [0.717, 1.165) is 25.8 Å². The summed E-state index contributed by atoms with van der Waals surface area (Å²) < 4.78 is 0. The first-order valence-electron chi connectivity index (χ1n) is 7.38. The van der Waals surface area contributed by atoms with Crippen molar-refractivity contribution in [3.05, 3.63) is 0 Å². The normalized spacial score (nSPS) is 20.9. The predicted molar refractivity (Wildman–Crippen MR) is 76.9 cm³/mol. The van der Waals surface area contributed by atoms with Crippen molar-refractivity contribution >= 4 is 11.7 Å². The van der Waals surface area contributed by atoms with E-state index in [-0.39, 0.29) is 29.7 Å². The summed E-state index contributed by atoms with van der Waals surface area (Å²) in [6, 6.07) is -0.380. The maximum atomic E-state index is 12.4. The standard InChI is InChI=1S/C15H28N2O2/c1-10(2)9-13(14(18)11(3)4)17(5)15(19)12-7-6-8-16-12/h10-13,16H,6-9H2,1-5H3/t12-,13-/m0/s1. The molecule has 2 atom stereocenters. The first kappa shape index (κ1) is 16.2. The maximum Gasteiger partial charge on any atom is 0.240 e. The Morgan fingerprint density at radius 3 is 2.32 bits per heavy atom. The average molecular weight is 268 g/mol. The number of Topliss-reactive ketones (excluding diaryl/α,β-unsaturated/α-hetero) is 1. The Kier molecular flexibility index (Phi) is 5.98. The molecule has 0 aromatic carbocycles. The minimum absolute atomic E-state index is 0.0319. The molecule has 1 fully saturated rings. The first-order chi connectivity index (χ1) is 8.84. The summed E-state index contributed by atoms with van der Waals surface area (Å²) in [5.41, 5.74) is 0. The third-order valence-electron chi connectivity index (χ3n) is 3.77. The van der Waals surface area contributed by atoms with Crippen LogP contribution in [0.4, 0.5) is 0 Å². The van der Waals surface area contributed by atoms with Gasteiger partial charge in [0.05, 0.1) is 12.1 Å². The van der Waals surface area contributed by atoms with E-state index >= 15 is 0 Å². The molecule has 1 heterocycles. The van der Waals surface area contributed by atoms with Crippen LogP contribution >= 0.6 is 0 Å². The topological polar surface area (TPSA) is 49.4 Å². The number of nitrogens with one attached hydrogen (secondary N) is 1. The third-order valence-corrected chi connectivity index (χ3v) is 3.77. The molecular formula is C15H28N2O2. The molecule has 19 heavy (non-hydrogen) atoms. The molecule has 4 nitrogen and oxygen atoms in total. The van der Waals surface area contributed by atoms with Gasteiger partial charge in [-0.3, -0.25) is 9.59 Å². The molecule has 0 aromatic rings. The van der Waals surface area contributed by atoms with Crippen molar-refractivity contribution in [3.8, 4) is 0 Å². The number of likely N-dealkylation sites (N-methyl/N-ethyl adjacent to an activating group) is 1. The quantitative estimate of drug-likeness (QED) is 0.799. The van der Waals surface area contributed by atoms with E-state index in [1.807, 2.05) is 13.8 Å². The van der Waals surface area contributed by atoms with E-state index in [1.54, 1.807) is 11.9 Å². The number of amides is 1. The molecule has 0 aromatic heterocycles. The predicted octanol–water partition coefficient (Wildman–Crippen LogP) is 1.84. The Bertz CT molecular complexity index is 320. The van der Waals surface area contributed by atoms with Gasteiger partial charge in [-0.15, -0.1) is 0 Å². The van der Waals surface area contributed by atoms with E-state index in [2.05, 4.69) is 19.2 Å². The Morgan fingerprint density at radius 2 is 1.89 bits per heavy atom. The molecular weight excluding hydrogens is 240 g/mol. The van der Waals surface area contributed by atoms with Crippen molar-refractivity contribution in [2.75, 3.05) is 13.6 Å². The molecule has 4 heteroatoms. The number of carbonyl (C=O) groups excluding carboxylic acids is 2. The molecule has 1 amide bonds. The molecule has 1 N–H and O–H groups in total. The van der Waals surface area contributed by atoms with Crippen LogP contribution in [0.2, 0.25) is 0 Å². The van der Waals surface area contributed by atoms with Crippen molar-refractivity contribution in [1.82, 2.24) is 10.2 Å². The largest absolute Gasteiger partial charge is 0.334 e. The average Bonchev–Trinajstić information content (AvgIpc) is 2.86.